The number of carbonyl (C=O) groups is 1. The Morgan fingerprint density at radius 3 is 2.38 bits per heavy atom. The fourth-order valence-corrected chi connectivity index (χ4v) is 5.41. The third-order valence-electron chi connectivity index (χ3n) is 5.67. The standard InChI is InChI=1S/C23H18F6N4O3S/c24-15-2-4-17(5-3-15)37(35,36)33-12-16(25)8-20(33)22(34)32-10-14-7-19(30-11-18(14)26)13-1-6-21(31-9-13)23(27,28)29/h1-7,9,11,16,20H,8,10,12H2,(H,32,34). The van der Waals surface area contributed by atoms with Crippen LogP contribution < -0.4 is 5.32 Å². The number of halogens is 6. The lowest BCUT2D eigenvalue weighted by Crippen LogP contribution is -2.45. The summed E-state index contributed by atoms with van der Waals surface area (Å²) in [5.41, 5.74) is -0.972. The van der Waals surface area contributed by atoms with Gasteiger partial charge in [0.2, 0.25) is 15.9 Å². The van der Waals surface area contributed by atoms with Gasteiger partial charge in [0.05, 0.1) is 16.8 Å². The molecule has 2 unspecified atom stereocenters. The van der Waals surface area contributed by atoms with E-state index in [0.29, 0.717) is 4.31 Å². The number of hydrogen-bond donors (Lipinski definition) is 1. The van der Waals surface area contributed by atoms with Gasteiger partial charge in [0.1, 0.15) is 29.5 Å². The van der Waals surface area contributed by atoms with Gasteiger partial charge in [-0.3, -0.25) is 14.8 Å². The number of amides is 1. The van der Waals surface area contributed by atoms with Crippen molar-refractivity contribution in [1.29, 1.82) is 0 Å². The predicted octanol–water partition coefficient (Wildman–Crippen LogP) is 3.86. The zero-order chi connectivity index (χ0) is 27.0. The molecule has 1 saturated heterocycles. The van der Waals surface area contributed by atoms with Crippen LogP contribution in [0.25, 0.3) is 11.3 Å². The summed E-state index contributed by atoms with van der Waals surface area (Å²) in [5.74, 6) is -2.40. The smallest absolute Gasteiger partial charge is 0.351 e. The molecule has 7 nitrogen and oxygen atoms in total. The van der Waals surface area contributed by atoms with Crippen molar-refractivity contribution in [2.75, 3.05) is 6.54 Å². The quantitative estimate of drug-likeness (QED) is 0.476. The minimum absolute atomic E-state index is 0.0806. The van der Waals surface area contributed by atoms with Gasteiger partial charge in [0, 0.05) is 36.8 Å². The maximum Gasteiger partial charge on any atom is 0.433 e. The van der Waals surface area contributed by atoms with Crippen molar-refractivity contribution in [3.63, 3.8) is 0 Å². The van der Waals surface area contributed by atoms with Gasteiger partial charge in [-0.05, 0) is 42.5 Å². The fourth-order valence-electron chi connectivity index (χ4n) is 3.79. The summed E-state index contributed by atoms with van der Waals surface area (Å²) in [6.07, 6.45) is -4.98. The Morgan fingerprint density at radius 2 is 1.76 bits per heavy atom. The second-order valence-corrected chi connectivity index (χ2v) is 10.1. The third-order valence-corrected chi connectivity index (χ3v) is 7.55. The molecule has 0 saturated carbocycles. The Kier molecular flexibility index (Phi) is 7.24. The number of pyridine rings is 2. The van der Waals surface area contributed by atoms with E-state index >= 15 is 0 Å². The normalized spacial score (nSPS) is 18.6. The summed E-state index contributed by atoms with van der Waals surface area (Å²) >= 11 is 0. The first-order valence-corrected chi connectivity index (χ1v) is 12.2. The second kappa shape index (κ2) is 10.1. The Bertz CT molecular complexity index is 1400. The molecule has 2 aromatic heterocycles. The van der Waals surface area contributed by atoms with E-state index in [1.54, 1.807) is 0 Å². The Labute approximate surface area is 207 Å². The van der Waals surface area contributed by atoms with E-state index in [0.717, 1.165) is 48.8 Å². The number of alkyl halides is 4. The maximum absolute atomic E-state index is 14.3. The van der Waals surface area contributed by atoms with Crippen LogP contribution in [0.1, 0.15) is 17.7 Å². The Hall–Kier alpha value is -3.52. The highest BCUT2D eigenvalue weighted by Gasteiger charge is 2.44. The number of nitrogens with zero attached hydrogens (tertiary/aromatic N) is 3. The molecule has 0 aliphatic carbocycles. The van der Waals surface area contributed by atoms with Gasteiger partial charge in [0.15, 0.2) is 0 Å². The first-order chi connectivity index (χ1) is 17.4. The number of nitrogens with one attached hydrogen (secondary N) is 1. The minimum atomic E-state index is -4.64. The van der Waals surface area contributed by atoms with Crippen molar-refractivity contribution < 1.29 is 39.6 Å². The van der Waals surface area contributed by atoms with Crippen molar-refractivity contribution >= 4 is 15.9 Å². The molecule has 0 spiro atoms. The summed E-state index contributed by atoms with van der Waals surface area (Å²) < 4.78 is 106. The Morgan fingerprint density at radius 1 is 1.05 bits per heavy atom. The van der Waals surface area contributed by atoms with Crippen molar-refractivity contribution in [1.82, 2.24) is 19.6 Å². The van der Waals surface area contributed by atoms with E-state index in [9.17, 15) is 39.6 Å². The molecule has 196 valence electrons. The molecule has 0 bridgehead atoms. The molecule has 3 aromatic rings. The average Bonchev–Trinajstić information content (AvgIpc) is 3.26. The molecular weight excluding hydrogens is 526 g/mol. The highest BCUT2D eigenvalue weighted by atomic mass is 32.2. The number of aromatic nitrogens is 2. The summed E-state index contributed by atoms with van der Waals surface area (Å²) in [5, 5.41) is 2.37. The fraction of sp³-hybridized carbons (Fsp3) is 0.261. The minimum Gasteiger partial charge on any atom is -0.351 e. The van der Waals surface area contributed by atoms with Crippen LogP contribution in [0.15, 0.2) is 59.8 Å². The first-order valence-electron chi connectivity index (χ1n) is 10.7. The van der Waals surface area contributed by atoms with Crippen LogP contribution in [-0.4, -0.2) is 47.4 Å². The van der Waals surface area contributed by atoms with E-state index in [-0.39, 0.29) is 21.7 Å². The van der Waals surface area contributed by atoms with E-state index in [1.807, 2.05) is 0 Å². The van der Waals surface area contributed by atoms with Crippen LogP contribution >= 0.6 is 0 Å². The zero-order valence-corrected chi connectivity index (χ0v) is 19.5. The van der Waals surface area contributed by atoms with E-state index in [1.165, 1.54) is 6.07 Å². The second-order valence-electron chi connectivity index (χ2n) is 8.19. The first kappa shape index (κ1) is 26.5. The van der Waals surface area contributed by atoms with Crippen LogP contribution in [0, 0.1) is 11.6 Å². The van der Waals surface area contributed by atoms with Gasteiger partial charge in [0.25, 0.3) is 0 Å². The number of sulfonamides is 1. The molecule has 1 N–H and O–H groups in total. The Balaban J connectivity index is 1.50. The summed E-state index contributed by atoms with van der Waals surface area (Å²) in [4.78, 5) is 19.6. The number of rotatable bonds is 6. The van der Waals surface area contributed by atoms with Gasteiger partial charge >= 0.3 is 6.18 Å². The van der Waals surface area contributed by atoms with Crippen LogP contribution in [0.4, 0.5) is 26.3 Å². The van der Waals surface area contributed by atoms with E-state index in [2.05, 4.69) is 15.3 Å². The lowest BCUT2D eigenvalue weighted by Gasteiger charge is -2.23. The highest BCUT2D eigenvalue weighted by molar-refractivity contribution is 7.89. The zero-order valence-electron chi connectivity index (χ0n) is 18.7. The molecule has 0 radical (unpaired) electrons. The van der Waals surface area contributed by atoms with Gasteiger partial charge in [-0.2, -0.15) is 17.5 Å². The SMILES string of the molecule is O=C(NCc1cc(-c2ccc(C(F)(F)F)nc2)ncc1F)C1CC(F)CN1S(=O)(=O)c1ccc(F)cc1. The van der Waals surface area contributed by atoms with Gasteiger partial charge < -0.3 is 5.32 Å². The molecule has 37 heavy (non-hydrogen) atoms. The number of benzene rings is 1. The molecule has 1 aromatic carbocycles. The van der Waals surface area contributed by atoms with Crippen LogP contribution in [0.2, 0.25) is 0 Å². The largest absolute Gasteiger partial charge is 0.433 e. The topological polar surface area (TPSA) is 92.3 Å². The van der Waals surface area contributed by atoms with E-state index in [4.69, 9.17) is 0 Å². The van der Waals surface area contributed by atoms with E-state index < -0.39 is 71.2 Å². The molecule has 3 heterocycles. The van der Waals surface area contributed by atoms with Crippen molar-refractivity contribution in [3.05, 3.63) is 77.8 Å². The molecule has 1 aliphatic rings. The maximum atomic E-state index is 14.3. The highest BCUT2D eigenvalue weighted by Crippen LogP contribution is 2.30. The third kappa shape index (κ3) is 5.74. The lowest BCUT2D eigenvalue weighted by atomic mass is 10.1. The molecule has 4 rings (SSSR count). The van der Waals surface area contributed by atoms with Crippen LogP contribution in [0.3, 0.4) is 0 Å². The molecule has 14 heteroatoms. The summed E-state index contributed by atoms with van der Waals surface area (Å²) in [6.45, 7) is -1.03. The van der Waals surface area contributed by atoms with Crippen molar-refractivity contribution in [2.24, 2.45) is 0 Å². The van der Waals surface area contributed by atoms with Crippen LogP contribution in [0.5, 0.6) is 0 Å². The molecule has 2 atom stereocenters. The molecule has 1 aliphatic heterocycles. The summed E-state index contributed by atoms with van der Waals surface area (Å²) in [7, 11) is -4.34. The average molecular weight is 544 g/mol. The predicted molar refractivity (Wildman–Crippen MR) is 118 cm³/mol. The van der Waals surface area contributed by atoms with Crippen LogP contribution in [-0.2, 0) is 27.5 Å². The number of hydrogen-bond acceptors (Lipinski definition) is 5. The lowest BCUT2D eigenvalue weighted by molar-refractivity contribution is -0.141. The monoisotopic (exact) mass is 544 g/mol. The van der Waals surface area contributed by atoms with Gasteiger partial charge in [-0.1, -0.05) is 0 Å². The van der Waals surface area contributed by atoms with Crippen molar-refractivity contribution in [2.45, 2.75) is 36.3 Å². The van der Waals surface area contributed by atoms with Gasteiger partial charge in [-0.25, -0.2) is 21.6 Å². The summed E-state index contributed by atoms with van der Waals surface area (Å²) in [6, 6.07) is 5.43. The molecular formula is C23H18F6N4O3S. The number of carbonyl (C=O) groups excluding carboxylic acids is 1. The van der Waals surface area contributed by atoms with Crippen molar-refractivity contribution in [3.8, 4) is 11.3 Å². The molecule has 1 amide bonds. The van der Waals surface area contributed by atoms with Gasteiger partial charge in [-0.15, -0.1) is 0 Å². The molecule has 1 fully saturated rings.